The van der Waals surface area contributed by atoms with Crippen LogP contribution in [0.3, 0.4) is 0 Å². The molecule has 20 heteroatoms. The first-order chi connectivity index (χ1) is 34.0. The number of phenols is 1. The molecule has 0 spiro atoms. The third-order valence-corrected chi connectivity index (χ3v) is 13.8. The fraction of sp³-hybridized carbons (Fsp3) is 0.420. The molecule has 5 aliphatic rings. The smallest absolute Gasteiger partial charge is 0.266 e. The van der Waals surface area contributed by atoms with Crippen LogP contribution in [-0.4, -0.2) is 146 Å². The summed E-state index contributed by atoms with van der Waals surface area (Å²) in [5, 5.41) is 29.2. The van der Waals surface area contributed by atoms with Crippen LogP contribution < -0.4 is 30.3 Å². The van der Waals surface area contributed by atoms with Gasteiger partial charge in [-0.3, -0.25) is 43.8 Å². The second kappa shape index (κ2) is 20.2. The number of hydrogen-bond donors (Lipinski definition) is 3. The lowest BCUT2D eigenvalue weighted by Gasteiger charge is -2.44. The molecule has 4 fully saturated rings. The van der Waals surface area contributed by atoms with Gasteiger partial charge in [-0.2, -0.15) is 0 Å². The molecular formula is C50H56N12O8. The minimum atomic E-state index is -1.06. The molecule has 10 rings (SSSR count). The molecule has 5 aliphatic heterocycles. The van der Waals surface area contributed by atoms with E-state index >= 15 is 0 Å². The van der Waals surface area contributed by atoms with Crippen LogP contribution in [0.25, 0.3) is 11.3 Å². The van der Waals surface area contributed by atoms with Crippen LogP contribution in [0, 0.1) is 5.92 Å². The quantitative estimate of drug-likeness (QED) is 0.0949. The van der Waals surface area contributed by atoms with E-state index in [0.29, 0.717) is 41.6 Å². The maximum Gasteiger partial charge on any atom is 0.266 e. The van der Waals surface area contributed by atoms with Crippen LogP contribution in [0.4, 0.5) is 17.2 Å². The normalized spacial score (nSPS) is 19.8. The lowest BCUT2D eigenvalue weighted by Crippen LogP contribution is -2.56. The van der Waals surface area contributed by atoms with E-state index in [1.54, 1.807) is 47.3 Å². The van der Waals surface area contributed by atoms with Crippen LogP contribution in [-0.2, 0) is 27.5 Å². The molecule has 20 nitrogen and oxygen atoms in total. The first-order valence-corrected chi connectivity index (χ1v) is 24.1. The van der Waals surface area contributed by atoms with Gasteiger partial charge in [0.05, 0.1) is 23.9 Å². The van der Waals surface area contributed by atoms with Gasteiger partial charge in [-0.15, -0.1) is 15.3 Å². The number of aromatic nitrogens is 5. The number of rotatable bonds is 16. The van der Waals surface area contributed by atoms with Crippen molar-refractivity contribution >= 4 is 46.7 Å². The summed E-state index contributed by atoms with van der Waals surface area (Å²) in [6, 6.07) is 21.2. The predicted molar refractivity (Wildman–Crippen MR) is 256 cm³/mol. The molecule has 1 unspecified atom stereocenters. The third kappa shape index (κ3) is 9.94. The van der Waals surface area contributed by atoms with Crippen LogP contribution in [0.2, 0.25) is 0 Å². The Morgan fingerprint density at radius 3 is 2.36 bits per heavy atom. The standard InChI is InChI=1S/C50H56N12O8/c51-47-43(25-39(54-55-47)37-8-1-2-10-41(37)63)70-36-7-6-19-59(30-36)35-15-13-34(14-16-35)58-23-21-57(22-24-58)26-32-27-60(28-32)45(65)12-3-4-20-61-29-33(53-56-61)31-69-42-11-5-9-38-46(42)50(68)62(49(38)67)40-17-18-44(64)52-48(40)66/h1-2,5,8-11,13-16,25,29,32,36,40,63H,3-4,6-7,12,17-24,26-28,30-31H2,(H2,51,55)(H,52,64,66)/t36-,40?/m0/s1. The molecule has 0 radical (unpaired) electrons. The number of ether oxygens (including phenoxy) is 2. The Labute approximate surface area is 404 Å². The summed E-state index contributed by atoms with van der Waals surface area (Å²) < 4.78 is 14.0. The van der Waals surface area contributed by atoms with Gasteiger partial charge in [0.1, 0.15) is 41.6 Å². The van der Waals surface area contributed by atoms with Gasteiger partial charge < -0.3 is 35.0 Å². The molecule has 0 saturated carbocycles. The second-order valence-corrected chi connectivity index (χ2v) is 18.6. The lowest BCUT2D eigenvalue weighted by molar-refractivity contribution is -0.138. The van der Waals surface area contributed by atoms with Gasteiger partial charge in [-0.1, -0.05) is 23.4 Å². The average molecular weight is 953 g/mol. The number of aryl methyl sites for hydroxylation is 1. The van der Waals surface area contributed by atoms with E-state index in [4.69, 9.17) is 15.2 Å². The van der Waals surface area contributed by atoms with E-state index in [-0.39, 0.29) is 59.9 Å². The summed E-state index contributed by atoms with van der Waals surface area (Å²) in [5.74, 6) is -0.686. The zero-order valence-electron chi connectivity index (χ0n) is 38.8. The number of piperazine rings is 1. The second-order valence-electron chi connectivity index (χ2n) is 18.6. The average Bonchev–Trinajstić information content (AvgIpc) is 3.92. The van der Waals surface area contributed by atoms with Crippen molar-refractivity contribution in [2.24, 2.45) is 5.92 Å². The Morgan fingerprint density at radius 2 is 1.57 bits per heavy atom. The number of nitrogens with two attached hydrogens (primary N) is 1. The van der Waals surface area contributed by atoms with E-state index in [9.17, 15) is 29.1 Å². The molecule has 5 amide bonds. The highest BCUT2D eigenvalue weighted by atomic mass is 16.5. The van der Waals surface area contributed by atoms with Crippen LogP contribution >= 0.6 is 0 Å². The topological polar surface area (TPSA) is 235 Å². The Bertz CT molecular complexity index is 2770. The maximum absolute atomic E-state index is 13.4. The monoisotopic (exact) mass is 952 g/mol. The maximum atomic E-state index is 13.4. The van der Waals surface area contributed by atoms with Crippen LogP contribution in [0.1, 0.15) is 71.4 Å². The number of hydrogen-bond acceptors (Lipinski definition) is 16. The number of carbonyl (C=O) groups excluding carboxylic acids is 5. The van der Waals surface area contributed by atoms with E-state index < -0.39 is 29.7 Å². The van der Waals surface area contributed by atoms with Crippen molar-refractivity contribution in [1.29, 1.82) is 0 Å². The Morgan fingerprint density at radius 1 is 0.800 bits per heavy atom. The van der Waals surface area contributed by atoms with Crippen LogP contribution in [0.5, 0.6) is 17.2 Å². The van der Waals surface area contributed by atoms with Crippen molar-refractivity contribution in [3.63, 3.8) is 0 Å². The molecule has 0 bridgehead atoms. The fourth-order valence-corrected chi connectivity index (χ4v) is 10.0. The van der Waals surface area contributed by atoms with E-state index in [1.165, 1.54) is 11.8 Å². The van der Waals surface area contributed by atoms with Crippen LogP contribution in [0.15, 0.2) is 79.0 Å². The highest BCUT2D eigenvalue weighted by Gasteiger charge is 2.46. The molecule has 2 aromatic heterocycles. The first kappa shape index (κ1) is 46.1. The van der Waals surface area contributed by atoms with Gasteiger partial charge in [0.2, 0.25) is 17.7 Å². The molecular weight excluding hydrogens is 897 g/mol. The number of benzene rings is 3. The molecule has 3 aromatic carbocycles. The van der Waals surface area contributed by atoms with Gasteiger partial charge in [0.25, 0.3) is 11.8 Å². The van der Waals surface area contributed by atoms with Gasteiger partial charge in [-0.25, -0.2) is 0 Å². The molecule has 0 aliphatic carbocycles. The van der Waals surface area contributed by atoms with Crippen molar-refractivity contribution in [1.82, 2.24) is 45.2 Å². The van der Waals surface area contributed by atoms with Gasteiger partial charge in [0, 0.05) is 101 Å². The number of nitrogen functional groups attached to an aromatic ring is 1. The number of phenolic OH excluding ortho intramolecular Hbond substituents is 1. The van der Waals surface area contributed by atoms with E-state index in [1.807, 2.05) is 11.0 Å². The summed E-state index contributed by atoms with van der Waals surface area (Å²) in [6.07, 6.45) is 5.61. The number of fused-ring (bicyclic) bond motifs is 1. The summed E-state index contributed by atoms with van der Waals surface area (Å²) in [5.41, 5.74) is 10.4. The number of anilines is 3. The van der Waals surface area contributed by atoms with Crippen molar-refractivity contribution in [2.45, 2.75) is 70.2 Å². The summed E-state index contributed by atoms with van der Waals surface area (Å²) >= 11 is 0. The molecule has 4 N–H and O–H groups in total. The highest BCUT2D eigenvalue weighted by Crippen LogP contribution is 2.35. The molecule has 70 heavy (non-hydrogen) atoms. The SMILES string of the molecule is Nc1nnc(-c2ccccc2O)cc1O[C@H]1CCCN(c2ccc(N3CCN(CC4CN(C(=O)CCCCn5cc(COc6cccc7c6C(=O)N(C6CCC(=O)NC6=O)C7=O)nn5)C4)CC3)cc2)C1. The number of nitrogens with one attached hydrogen (secondary N) is 1. The van der Waals surface area contributed by atoms with Gasteiger partial charge >= 0.3 is 0 Å². The number of unbranched alkanes of at least 4 members (excludes halogenated alkanes) is 1. The minimum absolute atomic E-state index is 0.00289. The van der Waals surface area contributed by atoms with Crippen molar-refractivity contribution in [3.8, 4) is 28.5 Å². The first-order valence-electron chi connectivity index (χ1n) is 24.1. The van der Waals surface area contributed by atoms with E-state index in [2.05, 4.69) is 64.8 Å². The predicted octanol–water partition coefficient (Wildman–Crippen LogP) is 3.50. The highest BCUT2D eigenvalue weighted by molar-refractivity contribution is 6.24. The Hall–Kier alpha value is -7.61. The van der Waals surface area contributed by atoms with Gasteiger partial charge in [0.15, 0.2) is 11.6 Å². The number of para-hydroxylation sites is 1. The minimum Gasteiger partial charge on any atom is -0.507 e. The number of nitrogens with zero attached hydrogens (tertiary/aromatic N) is 10. The number of aromatic hydroxyl groups is 1. The van der Waals surface area contributed by atoms with Crippen molar-refractivity contribution < 1.29 is 38.6 Å². The number of imide groups is 2. The van der Waals surface area contributed by atoms with Crippen molar-refractivity contribution in [2.75, 3.05) is 74.4 Å². The summed E-state index contributed by atoms with van der Waals surface area (Å²) in [4.78, 5) is 73.8. The third-order valence-electron chi connectivity index (χ3n) is 13.8. The molecule has 7 heterocycles. The van der Waals surface area contributed by atoms with Crippen molar-refractivity contribution in [3.05, 3.63) is 95.8 Å². The lowest BCUT2D eigenvalue weighted by atomic mass is 9.98. The summed E-state index contributed by atoms with van der Waals surface area (Å²) in [7, 11) is 0. The fourth-order valence-electron chi connectivity index (χ4n) is 10.0. The molecule has 364 valence electrons. The zero-order chi connectivity index (χ0) is 48.3. The summed E-state index contributed by atoms with van der Waals surface area (Å²) in [6.45, 7) is 8.67. The molecule has 2 atom stereocenters. The number of likely N-dealkylation sites (tertiary alicyclic amines) is 1. The van der Waals surface area contributed by atoms with E-state index in [0.717, 1.165) is 95.2 Å². The molecule has 4 saturated heterocycles. The number of amides is 5. The largest absolute Gasteiger partial charge is 0.507 e. The molecule has 5 aromatic rings. The Kier molecular flexibility index (Phi) is 13.3. The van der Waals surface area contributed by atoms with Gasteiger partial charge in [-0.05, 0) is 80.6 Å². The number of carbonyl (C=O) groups is 5. The number of piperidine rings is 2. The zero-order valence-corrected chi connectivity index (χ0v) is 38.8. The Balaban J connectivity index is 0.609.